The van der Waals surface area contributed by atoms with Gasteiger partial charge >= 0.3 is 7.87 Å². The van der Waals surface area contributed by atoms with Gasteiger partial charge in [0, 0.05) is 12.0 Å². The summed E-state index contributed by atoms with van der Waals surface area (Å²) in [4.78, 5) is 11.3. The number of aromatic hydroxyl groups is 2. The van der Waals surface area contributed by atoms with Crippen molar-refractivity contribution in [3.63, 3.8) is 0 Å². The maximum Gasteiger partial charge on any atom is 0.432 e. The quantitative estimate of drug-likeness (QED) is 0.487. The Morgan fingerprint density at radius 2 is 1.74 bits per heavy atom. The second kappa shape index (κ2) is 8.12. The van der Waals surface area contributed by atoms with Crippen LogP contribution < -0.4 is 10.6 Å². The zero-order valence-electron chi connectivity index (χ0n) is 19.5. The number of rotatable bonds is 5. The van der Waals surface area contributed by atoms with Crippen molar-refractivity contribution in [3.05, 3.63) is 35.5 Å². The van der Waals surface area contributed by atoms with Gasteiger partial charge in [-0.3, -0.25) is 0 Å². The van der Waals surface area contributed by atoms with Gasteiger partial charge in [-0.1, -0.05) is 53.7 Å². The predicted octanol–water partition coefficient (Wildman–Crippen LogP) is 4.92. The Morgan fingerprint density at radius 3 is 2.32 bits per heavy atom. The molecule has 0 radical (unpaired) electrons. The summed E-state index contributed by atoms with van der Waals surface area (Å²) >= 11 is 0. The van der Waals surface area contributed by atoms with Gasteiger partial charge in [-0.15, -0.1) is 0 Å². The summed E-state index contributed by atoms with van der Waals surface area (Å²) in [5.41, 5.74) is 1.10. The van der Waals surface area contributed by atoms with E-state index >= 15 is 0 Å². The molecule has 1 unspecified atom stereocenters. The molecule has 170 valence electrons. The molecule has 3 rings (SSSR count). The van der Waals surface area contributed by atoms with Crippen molar-refractivity contribution >= 4 is 24.7 Å². The lowest BCUT2D eigenvalue weighted by Crippen LogP contribution is -2.28. The van der Waals surface area contributed by atoms with Crippen LogP contribution in [0.3, 0.4) is 0 Å². The van der Waals surface area contributed by atoms with E-state index in [9.17, 15) is 15.1 Å². The Hall–Kier alpha value is -2.08. The highest BCUT2D eigenvalue weighted by Crippen LogP contribution is 2.60. The first kappa shape index (κ1) is 23.6. The van der Waals surface area contributed by atoms with Crippen molar-refractivity contribution in [1.29, 1.82) is 0 Å². The van der Waals surface area contributed by atoms with Crippen LogP contribution in [0.25, 0.3) is 0 Å². The van der Waals surface area contributed by atoms with E-state index in [-0.39, 0.29) is 35.1 Å². The number of benzene rings is 1. The number of amidine groups is 1. The second-order valence-electron chi connectivity index (χ2n) is 10.2. The highest BCUT2D eigenvalue weighted by atomic mass is 31.2. The molecule has 1 aliphatic heterocycles. The molecule has 1 aliphatic rings. The van der Waals surface area contributed by atoms with Gasteiger partial charge < -0.3 is 20.1 Å². The van der Waals surface area contributed by atoms with Gasteiger partial charge in [0.05, 0.1) is 18.0 Å². The first-order chi connectivity index (χ1) is 14.3. The third kappa shape index (κ3) is 4.59. The molecule has 0 aliphatic carbocycles. The molecule has 2 heterocycles. The minimum absolute atomic E-state index is 0.0346. The highest BCUT2D eigenvalue weighted by molar-refractivity contribution is 7.72. The average Bonchev–Trinajstić information content (AvgIpc) is 2.89. The standard InChI is InChI=1S/C23H34N3O4P/c1-8-30-31(29)16-12-10-9-11-15(16)24-20(25-31)17-18(27)19(23(5,6)7)26(21(17)28)14-13-22(2,3)4/h9-12,29H,8,13-14H2,1-7H3,(H2-,24,25,27,28)/p+1. The normalized spacial score (nSPS) is 19.0. The minimum atomic E-state index is -3.31. The smallest absolute Gasteiger partial charge is 0.432 e. The van der Waals surface area contributed by atoms with Crippen LogP contribution in [0, 0.1) is 5.41 Å². The van der Waals surface area contributed by atoms with Gasteiger partial charge in [-0.2, -0.15) is 9.42 Å². The zero-order valence-corrected chi connectivity index (χ0v) is 20.4. The summed E-state index contributed by atoms with van der Waals surface area (Å²) in [6, 6.07) is 7.27. The van der Waals surface area contributed by atoms with Gasteiger partial charge in [-0.25, -0.2) is 0 Å². The van der Waals surface area contributed by atoms with Crippen LogP contribution in [0.15, 0.2) is 29.0 Å². The molecule has 7 nitrogen and oxygen atoms in total. The number of aromatic nitrogens is 1. The topological polar surface area (TPSA) is 99.2 Å². The number of fused-ring (bicyclic) bond motifs is 1. The Morgan fingerprint density at radius 1 is 1.10 bits per heavy atom. The van der Waals surface area contributed by atoms with Gasteiger partial charge in [0.2, 0.25) is 11.2 Å². The van der Waals surface area contributed by atoms with E-state index in [2.05, 4.69) is 30.9 Å². The first-order valence-corrected chi connectivity index (χ1v) is 12.3. The molecular weight excluding hydrogens is 413 g/mol. The fourth-order valence-electron chi connectivity index (χ4n) is 3.80. The SMILES string of the molecule is CCO[P+]1(O)N=C(c2c(O)c(C(C)(C)C)n(CCC(C)(C)C)c2O)Nc2ccccc21. The number of nitrogens with zero attached hydrogens (tertiary/aromatic N) is 2. The summed E-state index contributed by atoms with van der Waals surface area (Å²) in [5, 5.41) is 26.2. The number of para-hydroxylation sites is 1. The summed E-state index contributed by atoms with van der Waals surface area (Å²) in [5.74, 6) is 0.103. The van der Waals surface area contributed by atoms with E-state index < -0.39 is 13.3 Å². The van der Waals surface area contributed by atoms with Crippen LogP contribution in [0.2, 0.25) is 0 Å². The summed E-state index contributed by atoms with van der Waals surface area (Å²) in [7, 11) is -3.31. The third-order valence-corrected chi connectivity index (χ3v) is 7.37. The number of hydrogen-bond acceptors (Lipinski definition) is 6. The lowest BCUT2D eigenvalue weighted by atomic mass is 9.89. The van der Waals surface area contributed by atoms with Crippen molar-refractivity contribution in [1.82, 2.24) is 4.57 Å². The zero-order chi connectivity index (χ0) is 23.2. The molecular formula is C23H35N3O4P+. The third-order valence-electron chi connectivity index (χ3n) is 5.26. The molecule has 0 bridgehead atoms. The van der Waals surface area contributed by atoms with E-state index in [1.807, 2.05) is 39.0 Å². The van der Waals surface area contributed by atoms with Crippen LogP contribution in [-0.4, -0.2) is 32.1 Å². The second-order valence-corrected chi connectivity index (χ2v) is 12.2. The Kier molecular flexibility index (Phi) is 6.18. The Bertz CT molecular complexity index is 1000. The van der Waals surface area contributed by atoms with Gasteiger partial charge in [0.15, 0.2) is 11.6 Å². The van der Waals surface area contributed by atoms with Crippen LogP contribution in [-0.2, 0) is 16.5 Å². The molecule has 2 aromatic rings. The summed E-state index contributed by atoms with van der Waals surface area (Å²) in [6.07, 6.45) is 0.815. The van der Waals surface area contributed by atoms with E-state index in [0.29, 0.717) is 23.2 Å². The first-order valence-electron chi connectivity index (χ1n) is 10.7. The van der Waals surface area contributed by atoms with Crippen LogP contribution in [0.5, 0.6) is 11.6 Å². The molecule has 0 amide bonds. The molecule has 0 fully saturated rings. The highest BCUT2D eigenvalue weighted by Gasteiger charge is 2.49. The van der Waals surface area contributed by atoms with E-state index in [1.165, 1.54) is 0 Å². The number of anilines is 1. The van der Waals surface area contributed by atoms with Gasteiger partial charge in [0.1, 0.15) is 5.56 Å². The molecule has 0 saturated carbocycles. The Labute approximate surface area is 185 Å². The lowest BCUT2D eigenvalue weighted by Gasteiger charge is -2.25. The van der Waals surface area contributed by atoms with Crippen molar-refractivity contribution in [2.24, 2.45) is 10.2 Å². The summed E-state index contributed by atoms with van der Waals surface area (Å²) in [6.45, 7) is 15.0. The molecule has 4 N–H and O–H groups in total. The van der Waals surface area contributed by atoms with Crippen LogP contribution in [0.1, 0.15) is 66.1 Å². The number of hydrogen-bond donors (Lipinski definition) is 4. The van der Waals surface area contributed by atoms with E-state index in [4.69, 9.17) is 4.52 Å². The molecule has 0 saturated heterocycles. The molecule has 1 aromatic carbocycles. The Balaban J connectivity index is 2.19. The molecule has 8 heteroatoms. The predicted molar refractivity (Wildman–Crippen MR) is 128 cm³/mol. The van der Waals surface area contributed by atoms with E-state index in [0.717, 1.165) is 6.42 Å². The van der Waals surface area contributed by atoms with Crippen molar-refractivity contribution in [2.75, 3.05) is 11.9 Å². The van der Waals surface area contributed by atoms with E-state index in [1.54, 1.807) is 17.6 Å². The van der Waals surface area contributed by atoms with Crippen LogP contribution >= 0.6 is 7.87 Å². The summed E-state index contributed by atoms with van der Waals surface area (Å²) < 4.78 is 12.0. The average molecular weight is 449 g/mol. The monoisotopic (exact) mass is 448 g/mol. The van der Waals surface area contributed by atoms with Gasteiger partial charge in [-0.05, 0) is 35.7 Å². The fourth-order valence-corrected chi connectivity index (χ4v) is 5.61. The minimum Gasteiger partial charge on any atom is -0.505 e. The molecule has 1 aromatic heterocycles. The maximum atomic E-state index is 11.3. The number of nitrogens with one attached hydrogen (secondary N) is 1. The molecule has 1 atom stereocenters. The molecule has 31 heavy (non-hydrogen) atoms. The molecule has 0 spiro atoms. The van der Waals surface area contributed by atoms with Gasteiger partial charge in [0.25, 0.3) is 0 Å². The van der Waals surface area contributed by atoms with Crippen molar-refractivity contribution < 1.29 is 19.6 Å². The van der Waals surface area contributed by atoms with Crippen LogP contribution in [0.4, 0.5) is 5.69 Å². The van der Waals surface area contributed by atoms with Crippen molar-refractivity contribution in [3.8, 4) is 11.6 Å². The van der Waals surface area contributed by atoms with Crippen molar-refractivity contribution in [2.45, 2.75) is 66.8 Å². The fraction of sp³-hybridized carbons (Fsp3) is 0.522. The lowest BCUT2D eigenvalue weighted by molar-refractivity contribution is 0.318. The maximum absolute atomic E-state index is 11.3. The largest absolute Gasteiger partial charge is 0.505 e.